The molecule has 1 aliphatic rings. The Hall–Kier alpha value is -1.82. The van der Waals surface area contributed by atoms with Gasteiger partial charge in [0.2, 0.25) is 0 Å². The lowest BCUT2D eigenvalue weighted by Gasteiger charge is -2.19. The van der Waals surface area contributed by atoms with Crippen molar-refractivity contribution in [3.63, 3.8) is 0 Å². The maximum atomic E-state index is 11.8. The van der Waals surface area contributed by atoms with Crippen molar-refractivity contribution in [1.82, 2.24) is 5.32 Å². The van der Waals surface area contributed by atoms with Gasteiger partial charge in [0.25, 0.3) is 5.91 Å². The Kier molecular flexibility index (Phi) is 3.66. The maximum absolute atomic E-state index is 11.8. The van der Waals surface area contributed by atoms with Crippen molar-refractivity contribution in [2.24, 2.45) is 0 Å². The Morgan fingerprint density at radius 3 is 2.89 bits per heavy atom. The summed E-state index contributed by atoms with van der Waals surface area (Å²) in [5.74, 6) is -1.55. The largest absolute Gasteiger partial charge is 0.478 e. The van der Waals surface area contributed by atoms with Crippen LogP contribution in [0.25, 0.3) is 0 Å². The minimum absolute atomic E-state index is 0.00255. The van der Waals surface area contributed by atoms with E-state index in [1.165, 1.54) is 6.07 Å². The fourth-order valence-electron chi connectivity index (χ4n) is 1.94. The van der Waals surface area contributed by atoms with E-state index in [0.29, 0.717) is 0 Å². The average Bonchev–Trinajstić information content (AvgIpc) is 3.00. The highest BCUT2D eigenvalue weighted by molar-refractivity contribution is 5.95. The number of hydrogen-bond acceptors (Lipinski definition) is 4. The van der Waals surface area contributed by atoms with E-state index in [1.54, 1.807) is 0 Å². The molecule has 6 nitrogen and oxygen atoms in total. The van der Waals surface area contributed by atoms with Gasteiger partial charge in [0.05, 0.1) is 17.7 Å². The Balaban J connectivity index is 1.95. The van der Waals surface area contributed by atoms with Crippen LogP contribution in [0.1, 0.15) is 40.7 Å². The number of carbonyl (C=O) groups excluding carboxylic acids is 1. The van der Waals surface area contributed by atoms with Gasteiger partial charge in [-0.2, -0.15) is 0 Å². The van der Waals surface area contributed by atoms with Crippen LogP contribution in [0.4, 0.5) is 0 Å². The van der Waals surface area contributed by atoms with Gasteiger partial charge in [-0.05, 0) is 19.8 Å². The van der Waals surface area contributed by atoms with Crippen molar-refractivity contribution in [1.29, 1.82) is 0 Å². The third-order valence-corrected chi connectivity index (χ3v) is 2.95. The lowest BCUT2D eigenvalue weighted by Crippen LogP contribution is -2.40. The molecule has 1 aliphatic heterocycles. The topological polar surface area (TPSA) is 88.8 Å². The number of carboxylic acid groups (broad SMARTS) is 1. The first-order chi connectivity index (χ1) is 8.58. The fourth-order valence-corrected chi connectivity index (χ4v) is 1.94. The van der Waals surface area contributed by atoms with E-state index in [-0.39, 0.29) is 23.5 Å². The zero-order valence-electron chi connectivity index (χ0n) is 10.0. The SMILES string of the molecule is CC(NC(=O)c1cc(C(=O)O)co1)C1CCCO1. The van der Waals surface area contributed by atoms with E-state index in [0.717, 1.165) is 25.7 Å². The first-order valence-corrected chi connectivity index (χ1v) is 5.82. The van der Waals surface area contributed by atoms with Crippen LogP contribution in [0, 0.1) is 0 Å². The van der Waals surface area contributed by atoms with Gasteiger partial charge in [0.1, 0.15) is 6.26 Å². The van der Waals surface area contributed by atoms with Crippen LogP contribution in [0.15, 0.2) is 16.7 Å². The highest BCUT2D eigenvalue weighted by atomic mass is 16.5. The minimum Gasteiger partial charge on any atom is -0.478 e. The minimum atomic E-state index is -1.12. The predicted octanol–water partition coefficient (Wildman–Crippen LogP) is 1.28. The molecule has 1 aromatic rings. The summed E-state index contributed by atoms with van der Waals surface area (Å²) >= 11 is 0. The number of hydrogen-bond donors (Lipinski definition) is 2. The van der Waals surface area contributed by atoms with Gasteiger partial charge in [-0.15, -0.1) is 0 Å². The molecular formula is C12H15NO5. The molecule has 2 heterocycles. The van der Waals surface area contributed by atoms with Crippen molar-refractivity contribution < 1.29 is 23.8 Å². The van der Waals surface area contributed by atoms with E-state index < -0.39 is 11.9 Å². The summed E-state index contributed by atoms with van der Waals surface area (Å²) in [4.78, 5) is 22.5. The van der Waals surface area contributed by atoms with Crippen molar-refractivity contribution in [2.45, 2.75) is 31.9 Å². The smallest absolute Gasteiger partial charge is 0.338 e. The number of carboxylic acids is 1. The van der Waals surface area contributed by atoms with Crippen molar-refractivity contribution >= 4 is 11.9 Å². The van der Waals surface area contributed by atoms with Crippen molar-refractivity contribution in [3.8, 4) is 0 Å². The van der Waals surface area contributed by atoms with Crippen LogP contribution in [0.5, 0.6) is 0 Å². The van der Waals surface area contributed by atoms with Crippen molar-refractivity contribution in [3.05, 3.63) is 23.7 Å². The molecule has 0 aromatic carbocycles. The molecule has 1 fully saturated rings. The lowest BCUT2D eigenvalue weighted by atomic mass is 10.1. The van der Waals surface area contributed by atoms with Gasteiger partial charge in [0.15, 0.2) is 5.76 Å². The Labute approximate surface area is 104 Å². The number of nitrogens with one attached hydrogen (secondary N) is 1. The summed E-state index contributed by atoms with van der Waals surface area (Å²) in [6, 6.07) is 1.08. The number of amides is 1. The maximum Gasteiger partial charge on any atom is 0.338 e. The van der Waals surface area contributed by atoms with E-state index in [1.807, 2.05) is 6.92 Å². The summed E-state index contributed by atoms with van der Waals surface area (Å²) in [5.41, 5.74) is -0.0371. The second kappa shape index (κ2) is 5.22. The normalized spacial score (nSPS) is 20.6. The second-order valence-electron chi connectivity index (χ2n) is 4.32. The van der Waals surface area contributed by atoms with Crippen LogP contribution in [-0.4, -0.2) is 35.7 Å². The second-order valence-corrected chi connectivity index (χ2v) is 4.32. The van der Waals surface area contributed by atoms with Gasteiger partial charge in [-0.3, -0.25) is 4.79 Å². The van der Waals surface area contributed by atoms with Gasteiger partial charge >= 0.3 is 5.97 Å². The average molecular weight is 253 g/mol. The molecule has 1 aromatic heterocycles. The summed E-state index contributed by atoms with van der Waals surface area (Å²) in [6.07, 6.45) is 2.98. The highest BCUT2D eigenvalue weighted by Crippen LogP contribution is 2.16. The standard InChI is InChI=1S/C12H15NO5/c1-7(9-3-2-4-17-9)13-11(14)10-5-8(6-18-10)12(15)16/h5-7,9H,2-4H2,1H3,(H,13,14)(H,15,16). The van der Waals surface area contributed by atoms with Crippen LogP contribution < -0.4 is 5.32 Å². The van der Waals surface area contributed by atoms with Crippen LogP contribution in [0.3, 0.4) is 0 Å². The number of aromatic carboxylic acids is 1. The molecule has 2 N–H and O–H groups in total. The quantitative estimate of drug-likeness (QED) is 0.843. The van der Waals surface area contributed by atoms with Crippen molar-refractivity contribution in [2.75, 3.05) is 6.61 Å². The zero-order valence-corrected chi connectivity index (χ0v) is 10.0. The Bertz CT molecular complexity index is 447. The number of rotatable bonds is 4. The molecule has 2 rings (SSSR count). The Morgan fingerprint density at radius 1 is 1.56 bits per heavy atom. The molecule has 0 radical (unpaired) electrons. The zero-order chi connectivity index (χ0) is 13.1. The molecule has 0 aliphatic carbocycles. The third-order valence-electron chi connectivity index (χ3n) is 2.95. The van der Waals surface area contributed by atoms with Crippen LogP contribution >= 0.6 is 0 Å². The summed E-state index contributed by atoms with van der Waals surface area (Å²) < 4.78 is 10.4. The van der Waals surface area contributed by atoms with Gasteiger partial charge in [0, 0.05) is 12.7 Å². The number of ether oxygens (including phenoxy) is 1. The molecule has 1 amide bonds. The van der Waals surface area contributed by atoms with E-state index in [2.05, 4.69) is 5.32 Å². The third kappa shape index (κ3) is 2.70. The molecule has 1 saturated heterocycles. The molecule has 18 heavy (non-hydrogen) atoms. The number of furan rings is 1. The monoisotopic (exact) mass is 253 g/mol. The summed E-state index contributed by atoms with van der Waals surface area (Å²) in [7, 11) is 0. The van der Waals surface area contributed by atoms with Gasteiger partial charge in [-0.25, -0.2) is 4.79 Å². The first-order valence-electron chi connectivity index (χ1n) is 5.82. The van der Waals surface area contributed by atoms with Gasteiger partial charge < -0.3 is 19.6 Å². The van der Waals surface area contributed by atoms with Crippen LogP contribution in [-0.2, 0) is 4.74 Å². The van der Waals surface area contributed by atoms with E-state index in [9.17, 15) is 9.59 Å². The van der Waals surface area contributed by atoms with Gasteiger partial charge in [-0.1, -0.05) is 0 Å². The summed E-state index contributed by atoms with van der Waals surface area (Å²) in [5, 5.41) is 11.5. The highest BCUT2D eigenvalue weighted by Gasteiger charge is 2.25. The molecular weight excluding hydrogens is 238 g/mol. The van der Waals surface area contributed by atoms with E-state index >= 15 is 0 Å². The summed E-state index contributed by atoms with van der Waals surface area (Å²) in [6.45, 7) is 2.57. The first kappa shape index (κ1) is 12.6. The molecule has 0 bridgehead atoms. The predicted molar refractivity (Wildman–Crippen MR) is 61.6 cm³/mol. The van der Waals surface area contributed by atoms with E-state index in [4.69, 9.17) is 14.3 Å². The van der Waals surface area contributed by atoms with Crippen LogP contribution in [0.2, 0.25) is 0 Å². The fraction of sp³-hybridized carbons (Fsp3) is 0.500. The lowest BCUT2D eigenvalue weighted by molar-refractivity contribution is 0.0692. The Morgan fingerprint density at radius 2 is 2.33 bits per heavy atom. The number of carbonyl (C=O) groups is 2. The molecule has 98 valence electrons. The molecule has 2 atom stereocenters. The molecule has 6 heteroatoms. The molecule has 0 saturated carbocycles. The molecule has 2 unspecified atom stereocenters. The molecule has 0 spiro atoms.